The molecule has 0 aromatic heterocycles. The van der Waals surface area contributed by atoms with Gasteiger partial charge in [0.25, 0.3) is 5.91 Å². The van der Waals surface area contributed by atoms with Crippen molar-refractivity contribution in [3.63, 3.8) is 0 Å². The van der Waals surface area contributed by atoms with Crippen LogP contribution in [0.2, 0.25) is 5.02 Å². The van der Waals surface area contributed by atoms with Gasteiger partial charge in [-0.1, -0.05) is 29.8 Å². The molecule has 0 heterocycles. The van der Waals surface area contributed by atoms with E-state index >= 15 is 0 Å². The van der Waals surface area contributed by atoms with Crippen molar-refractivity contribution in [2.75, 3.05) is 6.26 Å². The summed E-state index contributed by atoms with van der Waals surface area (Å²) in [6, 6.07) is 5.70. The lowest BCUT2D eigenvalue weighted by molar-refractivity contribution is -0.132. The fourth-order valence-electron chi connectivity index (χ4n) is 1.56. The van der Waals surface area contributed by atoms with Crippen molar-refractivity contribution in [3.05, 3.63) is 34.9 Å². The molecule has 0 saturated carbocycles. The molecule has 1 unspecified atom stereocenters. The van der Waals surface area contributed by atoms with E-state index in [1.54, 1.807) is 24.3 Å². The van der Waals surface area contributed by atoms with Gasteiger partial charge in [-0.2, -0.15) is 4.31 Å². The van der Waals surface area contributed by atoms with Crippen molar-refractivity contribution in [1.82, 2.24) is 9.79 Å². The lowest BCUT2D eigenvalue weighted by Gasteiger charge is -2.25. The van der Waals surface area contributed by atoms with Crippen molar-refractivity contribution in [1.29, 1.82) is 0 Å². The molecular weight excluding hydrogens is 292 g/mol. The number of hydrogen-bond donors (Lipinski definition) is 2. The predicted molar refractivity (Wildman–Crippen MR) is 71.2 cm³/mol. The van der Waals surface area contributed by atoms with E-state index in [1.807, 2.05) is 0 Å². The van der Waals surface area contributed by atoms with Crippen LogP contribution in [0.1, 0.15) is 12.5 Å². The zero-order chi connectivity index (χ0) is 14.6. The Morgan fingerprint density at radius 2 is 2.05 bits per heavy atom. The third-order valence-corrected chi connectivity index (χ3v) is 4.30. The predicted octanol–water partition coefficient (Wildman–Crippen LogP) is 0.995. The minimum Gasteiger partial charge on any atom is -0.289 e. The molecule has 1 aromatic carbocycles. The van der Waals surface area contributed by atoms with Gasteiger partial charge in [-0.15, -0.1) is 0 Å². The molecular formula is C11H15ClN2O4S. The number of carbonyl (C=O) groups is 1. The van der Waals surface area contributed by atoms with Crippen LogP contribution in [0.25, 0.3) is 0 Å². The molecule has 19 heavy (non-hydrogen) atoms. The molecule has 0 aliphatic rings. The number of nitrogens with zero attached hydrogens (tertiary/aromatic N) is 1. The van der Waals surface area contributed by atoms with Gasteiger partial charge in [-0.25, -0.2) is 13.9 Å². The number of benzene rings is 1. The fourth-order valence-corrected chi connectivity index (χ4v) is 2.80. The lowest BCUT2D eigenvalue weighted by atomic mass is 10.2. The molecule has 0 aliphatic carbocycles. The summed E-state index contributed by atoms with van der Waals surface area (Å²) < 4.78 is 24.4. The molecule has 0 aliphatic heterocycles. The van der Waals surface area contributed by atoms with Crippen molar-refractivity contribution < 1.29 is 18.4 Å². The minimum absolute atomic E-state index is 0.0485. The van der Waals surface area contributed by atoms with Crippen LogP contribution in [0.5, 0.6) is 0 Å². The van der Waals surface area contributed by atoms with Gasteiger partial charge in [-0.05, 0) is 18.6 Å². The van der Waals surface area contributed by atoms with Crippen LogP contribution in [0.15, 0.2) is 24.3 Å². The van der Waals surface area contributed by atoms with E-state index in [2.05, 4.69) is 0 Å². The third kappa shape index (κ3) is 4.17. The molecule has 6 nitrogen and oxygen atoms in total. The number of sulfonamides is 1. The zero-order valence-corrected chi connectivity index (χ0v) is 12.1. The molecule has 0 radical (unpaired) electrons. The molecule has 0 spiro atoms. The van der Waals surface area contributed by atoms with Crippen molar-refractivity contribution in [2.45, 2.75) is 19.5 Å². The summed E-state index contributed by atoms with van der Waals surface area (Å²) in [5, 5.41) is 9.00. The average Bonchev–Trinajstić information content (AvgIpc) is 2.34. The highest BCUT2D eigenvalue weighted by Gasteiger charge is 2.29. The molecule has 1 atom stereocenters. The normalized spacial score (nSPS) is 13.3. The van der Waals surface area contributed by atoms with Crippen LogP contribution < -0.4 is 5.48 Å². The second-order valence-corrected chi connectivity index (χ2v) is 6.39. The third-order valence-electron chi connectivity index (χ3n) is 2.63. The summed E-state index contributed by atoms with van der Waals surface area (Å²) in [6.07, 6.45) is 0.991. The molecule has 0 saturated heterocycles. The topological polar surface area (TPSA) is 86.7 Å². The van der Waals surface area contributed by atoms with E-state index in [0.717, 1.165) is 10.6 Å². The number of halogens is 1. The van der Waals surface area contributed by atoms with E-state index < -0.39 is 22.0 Å². The van der Waals surface area contributed by atoms with Gasteiger partial charge in [0.1, 0.15) is 6.04 Å². The zero-order valence-electron chi connectivity index (χ0n) is 10.5. The van der Waals surface area contributed by atoms with Gasteiger partial charge in [0.2, 0.25) is 10.0 Å². The summed E-state index contributed by atoms with van der Waals surface area (Å²) in [5.74, 6) is -0.808. The Kier molecular flexibility index (Phi) is 5.30. The first-order chi connectivity index (χ1) is 8.77. The SMILES string of the molecule is CC(C(=O)NO)N(Cc1ccccc1Cl)S(C)(=O)=O. The number of nitrogens with one attached hydrogen (secondary N) is 1. The molecule has 1 amide bonds. The van der Waals surface area contributed by atoms with Crippen LogP contribution in [0, 0.1) is 0 Å². The van der Waals surface area contributed by atoms with Crippen LogP contribution in [0.3, 0.4) is 0 Å². The summed E-state index contributed by atoms with van der Waals surface area (Å²) in [7, 11) is -3.63. The maximum Gasteiger partial charge on any atom is 0.261 e. The number of rotatable bonds is 5. The van der Waals surface area contributed by atoms with Crippen LogP contribution in [-0.2, 0) is 21.4 Å². The highest BCUT2D eigenvalue weighted by molar-refractivity contribution is 7.88. The first-order valence-electron chi connectivity index (χ1n) is 5.41. The molecule has 8 heteroatoms. The molecule has 106 valence electrons. The largest absolute Gasteiger partial charge is 0.289 e. The summed E-state index contributed by atoms with van der Waals surface area (Å²) in [4.78, 5) is 11.4. The van der Waals surface area contributed by atoms with Gasteiger partial charge < -0.3 is 0 Å². The number of amides is 1. The highest BCUT2D eigenvalue weighted by atomic mass is 35.5. The second-order valence-electron chi connectivity index (χ2n) is 4.05. The maximum atomic E-state index is 11.7. The van der Waals surface area contributed by atoms with Crippen molar-refractivity contribution >= 4 is 27.5 Å². The number of hydrogen-bond acceptors (Lipinski definition) is 4. The van der Waals surface area contributed by atoms with Gasteiger partial charge in [0, 0.05) is 11.6 Å². The van der Waals surface area contributed by atoms with E-state index in [-0.39, 0.29) is 6.54 Å². The minimum atomic E-state index is -3.63. The first-order valence-corrected chi connectivity index (χ1v) is 7.64. The Hall–Kier alpha value is -1.15. The smallest absolute Gasteiger partial charge is 0.261 e. The Labute approximate surface area is 117 Å². The Bertz CT molecular complexity index is 562. The summed E-state index contributed by atoms with van der Waals surface area (Å²) in [6.45, 7) is 1.33. The lowest BCUT2D eigenvalue weighted by Crippen LogP contribution is -2.46. The molecule has 2 N–H and O–H groups in total. The number of carbonyl (C=O) groups excluding carboxylic acids is 1. The molecule has 0 bridgehead atoms. The monoisotopic (exact) mass is 306 g/mol. The molecule has 0 fully saturated rings. The van der Waals surface area contributed by atoms with Crippen LogP contribution in [-0.4, -0.2) is 36.1 Å². The molecule has 1 rings (SSSR count). The Morgan fingerprint density at radius 3 is 2.53 bits per heavy atom. The average molecular weight is 307 g/mol. The fraction of sp³-hybridized carbons (Fsp3) is 0.364. The summed E-state index contributed by atoms with van der Waals surface area (Å²) in [5.41, 5.74) is 2.02. The van der Waals surface area contributed by atoms with E-state index in [9.17, 15) is 13.2 Å². The summed E-state index contributed by atoms with van der Waals surface area (Å²) >= 11 is 5.97. The quantitative estimate of drug-likeness (QED) is 0.627. The van der Waals surface area contributed by atoms with Crippen LogP contribution >= 0.6 is 11.6 Å². The van der Waals surface area contributed by atoms with Crippen molar-refractivity contribution in [2.24, 2.45) is 0 Å². The Morgan fingerprint density at radius 1 is 1.47 bits per heavy atom. The molecule has 1 aromatic rings. The van der Waals surface area contributed by atoms with Gasteiger partial charge in [0.15, 0.2) is 0 Å². The standard InChI is InChI=1S/C11H15ClN2O4S/c1-8(11(15)13-16)14(19(2,17)18)7-9-5-3-4-6-10(9)12/h3-6,8,16H,7H2,1-2H3,(H,13,15). The van der Waals surface area contributed by atoms with Gasteiger partial charge in [0.05, 0.1) is 6.26 Å². The highest BCUT2D eigenvalue weighted by Crippen LogP contribution is 2.20. The van der Waals surface area contributed by atoms with Crippen LogP contribution in [0.4, 0.5) is 0 Å². The number of hydroxylamine groups is 1. The second kappa shape index (κ2) is 6.33. The van der Waals surface area contributed by atoms with Crippen molar-refractivity contribution in [3.8, 4) is 0 Å². The van der Waals surface area contributed by atoms with E-state index in [0.29, 0.717) is 10.6 Å². The van der Waals surface area contributed by atoms with E-state index in [4.69, 9.17) is 16.8 Å². The first kappa shape index (κ1) is 15.9. The van der Waals surface area contributed by atoms with Gasteiger partial charge in [-0.3, -0.25) is 10.0 Å². The van der Waals surface area contributed by atoms with E-state index in [1.165, 1.54) is 12.4 Å². The maximum absolute atomic E-state index is 11.7. The van der Waals surface area contributed by atoms with Gasteiger partial charge >= 0.3 is 0 Å². The Balaban J connectivity index is 3.07.